The minimum absolute atomic E-state index is 0. The van der Waals surface area contributed by atoms with Gasteiger partial charge < -0.3 is 0 Å². The van der Waals surface area contributed by atoms with Gasteiger partial charge in [-0.25, -0.2) is 8.78 Å². The number of unbranched alkanes of at least 4 members (excludes halogenated alkanes) is 1. The van der Waals surface area contributed by atoms with Crippen molar-refractivity contribution in [1.82, 2.24) is 0 Å². The zero-order chi connectivity index (χ0) is 14.1. The molecular formula is C16H18BrF2I. The molecule has 0 nitrogen and oxygen atoms in total. The maximum absolute atomic E-state index is 12.6. The van der Waals surface area contributed by atoms with Crippen LogP contribution >= 0.6 is 39.9 Å². The second kappa shape index (κ2) is 11.2. The monoisotopic (exact) mass is 454 g/mol. The van der Waals surface area contributed by atoms with Gasteiger partial charge in [-0.2, -0.15) is 0 Å². The van der Waals surface area contributed by atoms with E-state index in [2.05, 4.69) is 22.9 Å². The van der Waals surface area contributed by atoms with Crippen molar-refractivity contribution in [2.75, 3.05) is 0 Å². The van der Waals surface area contributed by atoms with Gasteiger partial charge in [0.15, 0.2) is 0 Å². The van der Waals surface area contributed by atoms with E-state index >= 15 is 0 Å². The maximum Gasteiger partial charge on any atom is 0.124 e. The minimum Gasteiger partial charge on any atom is -0.207 e. The van der Waals surface area contributed by atoms with Gasteiger partial charge in [-0.3, -0.25) is 0 Å². The van der Waals surface area contributed by atoms with E-state index in [0.29, 0.717) is 0 Å². The number of halogens is 4. The first kappa shape index (κ1) is 19.5. The molecule has 0 aliphatic carbocycles. The van der Waals surface area contributed by atoms with Crippen LogP contribution in [-0.2, 0) is 6.42 Å². The lowest BCUT2D eigenvalue weighted by Crippen LogP contribution is -1.84. The first-order chi connectivity index (χ1) is 9.11. The molecule has 0 saturated heterocycles. The zero-order valence-electron chi connectivity index (χ0n) is 11.3. The van der Waals surface area contributed by atoms with Crippen molar-refractivity contribution in [3.05, 3.63) is 70.2 Å². The molecule has 110 valence electrons. The summed E-state index contributed by atoms with van der Waals surface area (Å²) in [5.41, 5.74) is 1.10. The van der Waals surface area contributed by atoms with Crippen LogP contribution in [0.2, 0.25) is 0 Å². The number of hydrogen-bond donors (Lipinski definition) is 0. The Morgan fingerprint density at radius 3 is 2.00 bits per heavy atom. The zero-order valence-corrected chi connectivity index (χ0v) is 15.2. The average Bonchev–Trinajstić information content (AvgIpc) is 2.37. The molecule has 0 fully saturated rings. The number of aryl methyl sites for hydroxylation is 1. The van der Waals surface area contributed by atoms with Crippen LogP contribution in [-0.4, -0.2) is 0 Å². The predicted molar refractivity (Wildman–Crippen MR) is 94.5 cm³/mol. The highest BCUT2D eigenvalue weighted by atomic mass is 127. The average molecular weight is 455 g/mol. The van der Waals surface area contributed by atoms with Crippen molar-refractivity contribution in [2.24, 2.45) is 0 Å². The van der Waals surface area contributed by atoms with Gasteiger partial charge in [0.25, 0.3) is 0 Å². The molecule has 0 saturated carbocycles. The van der Waals surface area contributed by atoms with Gasteiger partial charge >= 0.3 is 0 Å². The van der Waals surface area contributed by atoms with Crippen molar-refractivity contribution in [3.8, 4) is 0 Å². The van der Waals surface area contributed by atoms with Crippen molar-refractivity contribution in [2.45, 2.75) is 26.2 Å². The third-order valence-electron chi connectivity index (χ3n) is 2.49. The van der Waals surface area contributed by atoms with Crippen molar-refractivity contribution >= 4 is 39.9 Å². The fourth-order valence-electron chi connectivity index (χ4n) is 1.53. The van der Waals surface area contributed by atoms with Gasteiger partial charge in [0, 0.05) is 4.47 Å². The van der Waals surface area contributed by atoms with E-state index < -0.39 is 0 Å². The molecule has 2 rings (SSSR count). The van der Waals surface area contributed by atoms with E-state index in [4.69, 9.17) is 0 Å². The SMILES string of the molecule is CCCCc1cccc(F)c1.Fc1cccc(Br)c1.I. The Balaban J connectivity index is 0.000000359. The molecule has 0 bridgehead atoms. The van der Waals surface area contributed by atoms with Crippen molar-refractivity contribution < 1.29 is 8.78 Å². The van der Waals surface area contributed by atoms with Crippen LogP contribution in [0.25, 0.3) is 0 Å². The summed E-state index contributed by atoms with van der Waals surface area (Å²) >= 11 is 3.12. The second-order valence-corrected chi connectivity index (χ2v) is 5.09. The van der Waals surface area contributed by atoms with E-state index in [0.717, 1.165) is 29.3 Å². The predicted octanol–water partition coefficient (Wildman–Crippen LogP) is 6.37. The summed E-state index contributed by atoms with van der Waals surface area (Å²) < 4.78 is 25.5. The summed E-state index contributed by atoms with van der Waals surface area (Å²) in [6.45, 7) is 2.14. The highest BCUT2D eigenvalue weighted by Gasteiger charge is 1.93. The molecule has 0 unspecified atom stereocenters. The van der Waals surface area contributed by atoms with Gasteiger partial charge in [-0.15, -0.1) is 24.0 Å². The highest BCUT2D eigenvalue weighted by molar-refractivity contribution is 14.0. The van der Waals surface area contributed by atoms with Crippen LogP contribution in [0.4, 0.5) is 8.78 Å². The van der Waals surface area contributed by atoms with E-state index in [1.54, 1.807) is 24.3 Å². The van der Waals surface area contributed by atoms with E-state index in [1.807, 2.05) is 6.07 Å². The smallest absolute Gasteiger partial charge is 0.124 e. The topological polar surface area (TPSA) is 0 Å². The molecule has 0 spiro atoms. The Hall–Kier alpha value is -0.490. The van der Waals surface area contributed by atoms with E-state index in [-0.39, 0.29) is 35.6 Å². The molecule has 0 aromatic heterocycles. The van der Waals surface area contributed by atoms with Crippen LogP contribution in [0.15, 0.2) is 53.0 Å². The second-order valence-electron chi connectivity index (χ2n) is 4.17. The summed E-state index contributed by atoms with van der Waals surface area (Å²) in [7, 11) is 0. The van der Waals surface area contributed by atoms with Gasteiger partial charge in [-0.1, -0.05) is 47.5 Å². The largest absolute Gasteiger partial charge is 0.207 e. The van der Waals surface area contributed by atoms with Crippen LogP contribution < -0.4 is 0 Å². The Morgan fingerprint density at radius 2 is 1.55 bits per heavy atom. The molecule has 0 amide bonds. The number of benzene rings is 2. The molecule has 0 N–H and O–H groups in total. The summed E-state index contributed by atoms with van der Waals surface area (Å²) in [4.78, 5) is 0. The molecule has 0 aliphatic heterocycles. The third kappa shape index (κ3) is 8.64. The standard InChI is InChI=1S/C10H13F.C6H4BrF.HI/c1-2-3-5-9-6-4-7-10(11)8-9;7-5-2-1-3-6(8)4-5;/h4,6-8H,2-3,5H2,1H3;1-4H;1H. The van der Waals surface area contributed by atoms with Crippen molar-refractivity contribution in [1.29, 1.82) is 0 Å². The molecule has 2 aromatic carbocycles. The summed E-state index contributed by atoms with van der Waals surface area (Å²) in [5.74, 6) is -0.335. The Labute approximate surface area is 144 Å². The molecular weight excluding hydrogens is 437 g/mol. The lowest BCUT2D eigenvalue weighted by atomic mass is 10.1. The number of hydrogen-bond acceptors (Lipinski definition) is 0. The van der Waals surface area contributed by atoms with Gasteiger partial charge in [-0.05, 0) is 48.7 Å². The molecule has 0 radical (unpaired) electrons. The normalized spacial score (nSPS) is 9.20. The van der Waals surface area contributed by atoms with Gasteiger partial charge in [0.05, 0.1) is 0 Å². The Bertz CT molecular complexity index is 486. The first-order valence-corrected chi connectivity index (χ1v) is 7.06. The summed E-state index contributed by atoms with van der Waals surface area (Å²) in [6, 6.07) is 13.1. The van der Waals surface area contributed by atoms with Crippen LogP contribution in [0.1, 0.15) is 25.3 Å². The van der Waals surface area contributed by atoms with Crippen molar-refractivity contribution in [3.63, 3.8) is 0 Å². The first-order valence-electron chi connectivity index (χ1n) is 6.27. The molecule has 20 heavy (non-hydrogen) atoms. The van der Waals surface area contributed by atoms with Crippen LogP contribution in [0.3, 0.4) is 0 Å². The molecule has 4 heteroatoms. The number of rotatable bonds is 3. The molecule has 0 aliphatic rings. The van der Waals surface area contributed by atoms with Gasteiger partial charge in [0.1, 0.15) is 11.6 Å². The van der Waals surface area contributed by atoms with Crippen LogP contribution in [0.5, 0.6) is 0 Å². The Kier molecular flexibility index (Phi) is 10.9. The van der Waals surface area contributed by atoms with E-state index in [9.17, 15) is 8.78 Å². The summed E-state index contributed by atoms with van der Waals surface area (Å²) in [6.07, 6.45) is 3.30. The van der Waals surface area contributed by atoms with Gasteiger partial charge in [0.2, 0.25) is 0 Å². The third-order valence-corrected chi connectivity index (χ3v) is 2.99. The lowest BCUT2D eigenvalue weighted by Gasteiger charge is -1.98. The molecule has 2 aromatic rings. The van der Waals surface area contributed by atoms with Crippen LogP contribution in [0, 0.1) is 11.6 Å². The summed E-state index contributed by atoms with van der Waals surface area (Å²) in [5, 5.41) is 0. The highest BCUT2D eigenvalue weighted by Crippen LogP contribution is 2.09. The fraction of sp³-hybridized carbons (Fsp3) is 0.250. The molecule has 0 heterocycles. The Morgan fingerprint density at radius 1 is 0.950 bits per heavy atom. The maximum atomic E-state index is 12.6. The van der Waals surface area contributed by atoms with E-state index in [1.165, 1.54) is 18.2 Å². The molecule has 0 atom stereocenters. The lowest BCUT2D eigenvalue weighted by molar-refractivity contribution is 0.624. The minimum atomic E-state index is -0.209. The quantitative estimate of drug-likeness (QED) is 0.472. The fourth-order valence-corrected chi connectivity index (χ4v) is 1.90.